The summed E-state index contributed by atoms with van der Waals surface area (Å²) in [5.41, 5.74) is 1.45. The van der Waals surface area contributed by atoms with Gasteiger partial charge in [0, 0.05) is 25.3 Å². The first-order chi connectivity index (χ1) is 6.24. The second-order valence-corrected chi connectivity index (χ2v) is 3.70. The molecule has 13 heavy (non-hydrogen) atoms. The first kappa shape index (κ1) is 10.3. The molecule has 1 unspecified atom stereocenters. The van der Waals surface area contributed by atoms with E-state index in [1.54, 1.807) is 0 Å². The van der Waals surface area contributed by atoms with E-state index in [-0.39, 0.29) is 0 Å². The van der Waals surface area contributed by atoms with Crippen LogP contribution in [-0.2, 0) is 0 Å². The smallest absolute Gasteiger partial charge is 0.0323 e. The predicted octanol–water partition coefficient (Wildman–Crippen LogP) is 1.76. The zero-order chi connectivity index (χ0) is 9.68. The normalized spacial score (nSPS) is 18.2. The average Bonchev–Trinajstić information content (AvgIpc) is 2.19. The fourth-order valence-corrected chi connectivity index (χ4v) is 1.53. The fourth-order valence-electron chi connectivity index (χ4n) is 1.53. The maximum absolute atomic E-state index is 3.25. The van der Waals surface area contributed by atoms with Crippen LogP contribution in [0.4, 0.5) is 0 Å². The van der Waals surface area contributed by atoms with E-state index in [4.69, 9.17) is 0 Å². The summed E-state index contributed by atoms with van der Waals surface area (Å²) >= 11 is 0. The number of likely N-dealkylation sites (N-methyl/N-ethyl adjacent to an activating group) is 2. The molecule has 0 aromatic rings. The van der Waals surface area contributed by atoms with E-state index in [1.807, 2.05) is 7.05 Å². The van der Waals surface area contributed by atoms with Gasteiger partial charge in [-0.1, -0.05) is 12.2 Å². The van der Waals surface area contributed by atoms with Gasteiger partial charge in [-0.3, -0.25) is 0 Å². The molecule has 74 valence electrons. The summed E-state index contributed by atoms with van der Waals surface area (Å²) in [5, 5.41) is 3.25. The molecule has 0 aliphatic heterocycles. The summed E-state index contributed by atoms with van der Waals surface area (Å²) in [6, 6.07) is 0.553. The fraction of sp³-hybridized carbons (Fsp3) is 0.636. The van der Waals surface area contributed by atoms with Gasteiger partial charge in [-0.15, -0.1) is 0 Å². The van der Waals surface area contributed by atoms with E-state index in [2.05, 4.69) is 42.4 Å². The molecule has 1 aliphatic carbocycles. The maximum atomic E-state index is 3.25. The van der Waals surface area contributed by atoms with Crippen LogP contribution in [0, 0.1) is 0 Å². The van der Waals surface area contributed by atoms with Crippen molar-refractivity contribution in [2.24, 2.45) is 0 Å². The number of allylic oxidation sites excluding steroid dienone is 4. The van der Waals surface area contributed by atoms with Crippen molar-refractivity contribution in [3.63, 3.8) is 0 Å². The second-order valence-electron chi connectivity index (χ2n) is 3.70. The summed E-state index contributed by atoms with van der Waals surface area (Å²) in [4.78, 5) is 2.34. The minimum Gasteiger partial charge on any atom is -0.376 e. The molecule has 0 saturated heterocycles. The zero-order valence-electron chi connectivity index (χ0n) is 8.88. The number of nitrogens with one attached hydrogen (secondary N) is 1. The van der Waals surface area contributed by atoms with Crippen molar-refractivity contribution in [1.29, 1.82) is 0 Å². The quantitative estimate of drug-likeness (QED) is 0.709. The number of rotatable bonds is 4. The molecule has 1 N–H and O–H groups in total. The van der Waals surface area contributed by atoms with E-state index in [0.29, 0.717) is 6.04 Å². The monoisotopic (exact) mass is 180 g/mol. The third-order valence-corrected chi connectivity index (χ3v) is 2.52. The molecule has 0 spiro atoms. The SMILES string of the molecule is CNC(C)CN(C)C1=CC=CCC1. The Balaban J connectivity index is 2.42. The van der Waals surface area contributed by atoms with Crippen LogP contribution in [-0.4, -0.2) is 31.6 Å². The molecule has 2 nitrogen and oxygen atoms in total. The van der Waals surface area contributed by atoms with Crippen molar-refractivity contribution in [1.82, 2.24) is 10.2 Å². The molecule has 0 heterocycles. The molecule has 2 heteroatoms. The summed E-state index contributed by atoms with van der Waals surface area (Å²) < 4.78 is 0. The summed E-state index contributed by atoms with van der Waals surface area (Å²) in [6.45, 7) is 3.28. The van der Waals surface area contributed by atoms with Gasteiger partial charge in [-0.25, -0.2) is 0 Å². The maximum Gasteiger partial charge on any atom is 0.0323 e. The predicted molar refractivity (Wildman–Crippen MR) is 57.6 cm³/mol. The molecule has 0 aromatic heterocycles. The number of hydrogen-bond donors (Lipinski definition) is 1. The molecule has 0 aromatic carbocycles. The van der Waals surface area contributed by atoms with Crippen LogP contribution >= 0.6 is 0 Å². The minimum absolute atomic E-state index is 0.553. The van der Waals surface area contributed by atoms with Crippen LogP contribution in [0.3, 0.4) is 0 Å². The summed E-state index contributed by atoms with van der Waals surface area (Å²) in [6.07, 6.45) is 8.96. The Bertz CT molecular complexity index is 206. The van der Waals surface area contributed by atoms with Gasteiger partial charge < -0.3 is 10.2 Å². The molecule has 0 radical (unpaired) electrons. The lowest BCUT2D eigenvalue weighted by Gasteiger charge is -2.26. The topological polar surface area (TPSA) is 15.3 Å². The van der Waals surface area contributed by atoms with Crippen molar-refractivity contribution in [3.05, 3.63) is 23.9 Å². The van der Waals surface area contributed by atoms with E-state index >= 15 is 0 Å². The highest BCUT2D eigenvalue weighted by molar-refractivity contribution is 5.16. The standard InChI is InChI=1S/C11H20N2/c1-10(12-2)9-13(3)11-7-5-4-6-8-11/h4-5,7,10,12H,6,8-9H2,1-3H3. The lowest BCUT2D eigenvalue weighted by Crippen LogP contribution is -2.35. The van der Waals surface area contributed by atoms with Gasteiger partial charge in [0.25, 0.3) is 0 Å². The van der Waals surface area contributed by atoms with E-state index in [9.17, 15) is 0 Å². The molecule has 1 rings (SSSR count). The first-order valence-corrected chi connectivity index (χ1v) is 4.98. The molecule has 1 aliphatic rings. The molecule has 0 bridgehead atoms. The van der Waals surface area contributed by atoms with E-state index in [1.165, 1.54) is 18.5 Å². The second kappa shape index (κ2) is 5.07. The third kappa shape index (κ3) is 3.23. The van der Waals surface area contributed by atoms with E-state index in [0.717, 1.165) is 6.54 Å². The van der Waals surface area contributed by atoms with Crippen LogP contribution in [0.5, 0.6) is 0 Å². The van der Waals surface area contributed by atoms with Crippen molar-refractivity contribution >= 4 is 0 Å². The lowest BCUT2D eigenvalue weighted by molar-refractivity contribution is 0.356. The highest BCUT2D eigenvalue weighted by Crippen LogP contribution is 2.14. The molecule has 0 saturated carbocycles. The highest BCUT2D eigenvalue weighted by Gasteiger charge is 2.08. The van der Waals surface area contributed by atoms with Gasteiger partial charge in [-0.05, 0) is 32.9 Å². The molecule has 0 amide bonds. The molecule has 0 fully saturated rings. The minimum atomic E-state index is 0.553. The van der Waals surface area contributed by atoms with Gasteiger partial charge in [0.15, 0.2) is 0 Å². The summed E-state index contributed by atoms with van der Waals surface area (Å²) in [5.74, 6) is 0. The van der Waals surface area contributed by atoms with Gasteiger partial charge in [-0.2, -0.15) is 0 Å². The Morgan fingerprint density at radius 2 is 2.38 bits per heavy atom. The highest BCUT2D eigenvalue weighted by atomic mass is 15.1. The zero-order valence-corrected chi connectivity index (χ0v) is 8.88. The van der Waals surface area contributed by atoms with Gasteiger partial charge >= 0.3 is 0 Å². The molecular formula is C11H20N2. The number of hydrogen-bond acceptors (Lipinski definition) is 2. The van der Waals surface area contributed by atoms with Crippen LogP contribution in [0.2, 0.25) is 0 Å². The molecular weight excluding hydrogens is 160 g/mol. The average molecular weight is 180 g/mol. The van der Waals surface area contributed by atoms with Crippen molar-refractivity contribution < 1.29 is 0 Å². The van der Waals surface area contributed by atoms with Gasteiger partial charge in [0.2, 0.25) is 0 Å². The van der Waals surface area contributed by atoms with Gasteiger partial charge in [0.1, 0.15) is 0 Å². The molecule has 1 atom stereocenters. The van der Waals surface area contributed by atoms with Crippen molar-refractivity contribution in [2.45, 2.75) is 25.8 Å². The summed E-state index contributed by atoms with van der Waals surface area (Å²) in [7, 11) is 4.17. The largest absolute Gasteiger partial charge is 0.376 e. The van der Waals surface area contributed by atoms with Gasteiger partial charge in [0.05, 0.1) is 0 Å². The van der Waals surface area contributed by atoms with Crippen molar-refractivity contribution in [3.8, 4) is 0 Å². The van der Waals surface area contributed by atoms with Crippen LogP contribution < -0.4 is 5.32 Å². The van der Waals surface area contributed by atoms with Crippen LogP contribution in [0.1, 0.15) is 19.8 Å². The Morgan fingerprint density at radius 3 is 2.92 bits per heavy atom. The first-order valence-electron chi connectivity index (χ1n) is 4.98. The number of nitrogens with zero attached hydrogens (tertiary/aromatic N) is 1. The van der Waals surface area contributed by atoms with E-state index < -0.39 is 0 Å². The van der Waals surface area contributed by atoms with Crippen molar-refractivity contribution in [2.75, 3.05) is 20.6 Å². The third-order valence-electron chi connectivity index (χ3n) is 2.52. The Kier molecular flexibility index (Phi) is 4.03. The van der Waals surface area contributed by atoms with Crippen LogP contribution in [0.25, 0.3) is 0 Å². The lowest BCUT2D eigenvalue weighted by atomic mass is 10.1. The van der Waals surface area contributed by atoms with Crippen LogP contribution in [0.15, 0.2) is 23.9 Å². The Morgan fingerprint density at radius 1 is 1.62 bits per heavy atom. The Hall–Kier alpha value is -0.760. The Labute approximate surface area is 81.3 Å².